The van der Waals surface area contributed by atoms with Crippen LogP contribution in [0.3, 0.4) is 0 Å². The van der Waals surface area contributed by atoms with Gasteiger partial charge in [-0.05, 0) is 0 Å². The zero-order valence-electron chi connectivity index (χ0n) is 16.8. The number of aliphatic hydroxyl groups is 6. The summed E-state index contributed by atoms with van der Waals surface area (Å²) in [5.41, 5.74) is 0. The average Bonchev–Trinajstić information content (AvgIpc) is 2.83. The lowest BCUT2D eigenvalue weighted by molar-refractivity contribution is 0.186. The monoisotopic (exact) mass is 382 g/mol. The summed E-state index contributed by atoms with van der Waals surface area (Å²) < 4.78 is 0. The maximum atomic E-state index is 7.62. The third-order valence-corrected chi connectivity index (χ3v) is 0.300. The molecule has 0 radical (unpaired) electrons. The van der Waals surface area contributed by atoms with E-state index in [1.807, 2.05) is 0 Å². The molecule has 0 aliphatic heterocycles. The fraction of sp³-hybridized carbons (Fsp3) is 0.300. The summed E-state index contributed by atoms with van der Waals surface area (Å²) >= 11 is 0. The predicted octanol–water partition coefficient (Wildman–Crippen LogP) is 2.53. The Morgan fingerprint density at radius 2 is 0.269 bits per heavy atom. The van der Waals surface area contributed by atoms with E-state index in [-0.39, 0.29) is 39.6 Å². The number of aliphatic hydroxyl groups excluding tert-OH is 6. The van der Waals surface area contributed by atoms with Crippen molar-refractivity contribution in [3.05, 3.63) is 92.1 Å². The lowest BCUT2D eigenvalue weighted by Crippen LogP contribution is -1.85. The SMILES string of the molecule is C=C.C=C.C=C.C=C.C=C.C=C.C=C.OCCO.OCCO.OCCO. The third kappa shape index (κ3) is 10900. The van der Waals surface area contributed by atoms with Crippen LogP contribution in [0.1, 0.15) is 0 Å². The highest BCUT2D eigenvalue weighted by Crippen LogP contribution is 1.40. The van der Waals surface area contributed by atoms with E-state index in [0.29, 0.717) is 0 Å². The van der Waals surface area contributed by atoms with Crippen LogP contribution in [-0.2, 0) is 0 Å². The van der Waals surface area contributed by atoms with Crippen molar-refractivity contribution in [2.75, 3.05) is 39.6 Å². The average molecular weight is 383 g/mol. The summed E-state index contributed by atoms with van der Waals surface area (Å²) in [6.45, 7) is 41.2. The van der Waals surface area contributed by atoms with E-state index in [4.69, 9.17) is 30.6 Å². The Morgan fingerprint density at radius 1 is 0.231 bits per heavy atom. The lowest BCUT2D eigenvalue weighted by atomic mass is 10.8. The minimum atomic E-state index is -0.125. The maximum absolute atomic E-state index is 7.62. The molecule has 0 fully saturated rings. The Bertz CT molecular complexity index is 81.3. The highest BCUT2D eigenvalue weighted by atomic mass is 16.3. The Labute approximate surface area is 163 Å². The molecule has 0 saturated carbocycles. The molecule has 0 rings (SSSR count). The van der Waals surface area contributed by atoms with Crippen LogP contribution in [0.5, 0.6) is 0 Å². The molecular formula is C20H46O6. The highest BCUT2D eigenvalue weighted by Gasteiger charge is 1.58. The molecule has 0 bridgehead atoms. The van der Waals surface area contributed by atoms with Gasteiger partial charge in [-0.15, -0.1) is 92.1 Å². The second kappa shape index (κ2) is 711. The Kier molecular flexibility index (Phi) is 1770. The topological polar surface area (TPSA) is 121 Å². The Morgan fingerprint density at radius 3 is 0.269 bits per heavy atom. The van der Waals surface area contributed by atoms with Gasteiger partial charge in [0.05, 0.1) is 39.6 Å². The molecule has 0 aromatic carbocycles. The van der Waals surface area contributed by atoms with Gasteiger partial charge in [-0.2, -0.15) is 0 Å². The number of hydrogen-bond acceptors (Lipinski definition) is 6. The van der Waals surface area contributed by atoms with Crippen molar-refractivity contribution in [1.29, 1.82) is 0 Å². The number of rotatable bonds is 3. The van der Waals surface area contributed by atoms with Crippen molar-refractivity contribution >= 4 is 0 Å². The van der Waals surface area contributed by atoms with Gasteiger partial charge in [0, 0.05) is 0 Å². The standard InChI is InChI=1S/3C2H6O2.7C2H4/c3*3-1-2-4;7*1-2/h3*3-4H,1-2H2;7*1-2H2. The first-order chi connectivity index (χ1) is 12.7. The summed E-state index contributed by atoms with van der Waals surface area (Å²) in [4.78, 5) is 0. The molecule has 0 atom stereocenters. The van der Waals surface area contributed by atoms with Crippen LogP contribution < -0.4 is 0 Å². The first-order valence-corrected chi connectivity index (χ1v) is 6.90. The van der Waals surface area contributed by atoms with Gasteiger partial charge >= 0.3 is 0 Å². The van der Waals surface area contributed by atoms with Crippen molar-refractivity contribution in [3.63, 3.8) is 0 Å². The largest absolute Gasteiger partial charge is 0.394 e. The van der Waals surface area contributed by atoms with Crippen molar-refractivity contribution in [2.24, 2.45) is 0 Å². The van der Waals surface area contributed by atoms with Crippen LogP contribution >= 0.6 is 0 Å². The second-order valence-corrected chi connectivity index (χ2v) is 1.34. The van der Waals surface area contributed by atoms with E-state index >= 15 is 0 Å². The van der Waals surface area contributed by atoms with Crippen LogP contribution in [0.4, 0.5) is 0 Å². The number of hydrogen-bond donors (Lipinski definition) is 6. The van der Waals surface area contributed by atoms with Gasteiger partial charge < -0.3 is 30.6 Å². The first kappa shape index (κ1) is 64.8. The van der Waals surface area contributed by atoms with Gasteiger partial charge in [0.2, 0.25) is 0 Å². The predicted molar refractivity (Wildman–Crippen MR) is 121 cm³/mol. The van der Waals surface area contributed by atoms with Gasteiger partial charge in [-0.1, -0.05) is 0 Å². The molecule has 0 saturated heterocycles. The Balaban J connectivity index is -0.0000000140. The quantitative estimate of drug-likeness (QED) is 0.417. The normalized spacial score (nSPS) is 4.54. The molecule has 162 valence electrons. The van der Waals surface area contributed by atoms with Crippen molar-refractivity contribution in [1.82, 2.24) is 0 Å². The van der Waals surface area contributed by atoms with Gasteiger partial charge in [-0.25, -0.2) is 0 Å². The van der Waals surface area contributed by atoms with E-state index in [1.54, 1.807) is 0 Å². The molecule has 6 N–H and O–H groups in total. The molecule has 0 spiro atoms. The zero-order valence-corrected chi connectivity index (χ0v) is 16.8. The molecule has 0 unspecified atom stereocenters. The van der Waals surface area contributed by atoms with E-state index in [9.17, 15) is 0 Å². The van der Waals surface area contributed by atoms with Gasteiger partial charge in [0.1, 0.15) is 0 Å². The van der Waals surface area contributed by atoms with E-state index < -0.39 is 0 Å². The lowest BCUT2D eigenvalue weighted by Gasteiger charge is -1.70. The second-order valence-electron chi connectivity index (χ2n) is 1.34. The van der Waals surface area contributed by atoms with E-state index in [2.05, 4.69) is 92.1 Å². The minimum Gasteiger partial charge on any atom is -0.394 e. The van der Waals surface area contributed by atoms with Crippen LogP contribution in [0, 0.1) is 0 Å². The highest BCUT2D eigenvalue weighted by molar-refractivity contribution is 4.23. The summed E-state index contributed by atoms with van der Waals surface area (Å²) in [6.07, 6.45) is 0. The molecule has 6 heteroatoms. The zero-order chi connectivity index (χ0) is 24.2. The summed E-state index contributed by atoms with van der Waals surface area (Å²) in [6, 6.07) is 0. The molecule has 6 nitrogen and oxygen atoms in total. The molecule has 0 aliphatic rings. The van der Waals surface area contributed by atoms with Gasteiger partial charge in [0.15, 0.2) is 0 Å². The summed E-state index contributed by atoms with van der Waals surface area (Å²) in [5, 5.41) is 45.8. The van der Waals surface area contributed by atoms with Crippen molar-refractivity contribution in [3.8, 4) is 0 Å². The summed E-state index contributed by atoms with van der Waals surface area (Å²) in [7, 11) is 0. The fourth-order valence-electron chi connectivity index (χ4n) is 0. The maximum Gasteiger partial charge on any atom is 0.0662 e. The van der Waals surface area contributed by atoms with Crippen LogP contribution in [0.2, 0.25) is 0 Å². The van der Waals surface area contributed by atoms with Gasteiger partial charge in [0.25, 0.3) is 0 Å². The van der Waals surface area contributed by atoms with Crippen molar-refractivity contribution < 1.29 is 30.6 Å². The summed E-state index contributed by atoms with van der Waals surface area (Å²) in [5.74, 6) is 0. The molecular weight excluding hydrogens is 336 g/mol. The molecule has 0 aromatic rings. The smallest absolute Gasteiger partial charge is 0.0662 e. The van der Waals surface area contributed by atoms with Crippen LogP contribution in [-0.4, -0.2) is 70.3 Å². The minimum absolute atomic E-state index is 0.125. The van der Waals surface area contributed by atoms with E-state index in [1.165, 1.54) is 0 Å². The van der Waals surface area contributed by atoms with Crippen LogP contribution in [0.15, 0.2) is 92.1 Å². The molecule has 0 amide bonds. The van der Waals surface area contributed by atoms with Gasteiger partial charge in [-0.3, -0.25) is 0 Å². The fourth-order valence-corrected chi connectivity index (χ4v) is 0. The first-order valence-electron chi connectivity index (χ1n) is 6.90. The Hall–Kier alpha value is -2.06. The molecule has 0 aliphatic carbocycles. The third-order valence-electron chi connectivity index (χ3n) is 0.300. The van der Waals surface area contributed by atoms with E-state index in [0.717, 1.165) is 0 Å². The van der Waals surface area contributed by atoms with Crippen LogP contribution in [0.25, 0.3) is 0 Å². The molecule has 26 heavy (non-hydrogen) atoms. The van der Waals surface area contributed by atoms with Crippen molar-refractivity contribution in [2.45, 2.75) is 0 Å². The molecule has 0 aromatic heterocycles. The molecule has 0 heterocycles.